The van der Waals surface area contributed by atoms with Gasteiger partial charge in [-0.15, -0.1) is 0 Å². The molecule has 27 heavy (non-hydrogen) atoms. The Balaban J connectivity index is 1.92. The molecular weight excluding hydrogens is 358 g/mol. The van der Waals surface area contributed by atoms with Crippen LogP contribution < -0.4 is 4.90 Å². The molecule has 0 radical (unpaired) electrons. The van der Waals surface area contributed by atoms with Crippen LogP contribution in [-0.4, -0.2) is 14.3 Å². The molecule has 0 aliphatic carbocycles. The molecule has 1 aliphatic rings. The van der Waals surface area contributed by atoms with Crippen LogP contribution in [0.25, 0.3) is 6.08 Å². The highest BCUT2D eigenvalue weighted by Crippen LogP contribution is 2.43. The Labute approximate surface area is 158 Å². The molecule has 0 spiro atoms. The zero-order chi connectivity index (χ0) is 18.9. The number of hydrogen-bond donors (Lipinski definition) is 0. The number of hydrogen-bond acceptors (Lipinski definition) is 3. The largest absolute Gasteiger partial charge is 0.286 e. The molecule has 0 N–H and O–H groups in total. The van der Waals surface area contributed by atoms with Gasteiger partial charge in [-0.25, -0.2) is 8.42 Å². The first-order valence-electron chi connectivity index (χ1n) is 8.53. The molecule has 4 nitrogen and oxygen atoms in total. The molecule has 0 bridgehead atoms. The molecule has 4 rings (SSSR count). The average molecular weight is 375 g/mol. The lowest BCUT2D eigenvalue weighted by atomic mass is 10.1. The quantitative estimate of drug-likeness (QED) is 0.645. The molecule has 134 valence electrons. The summed E-state index contributed by atoms with van der Waals surface area (Å²) in [4.78, 5) is 14.4. The Bertz CT molecular complexity index is 1090. The maximum absolute atomic E-state index is 13.4. The van der Waals surface area contributed by atoms with Gasteiger partial charge in [0.2, 0.25) is 9.84 Å². The van der Waals surface area contributed by atoms with Crippen molar-refractivity contribution in [3.63, 3.8) is 0 Å². The minimum absolute atomic E-state index is 0.189. The summed E-state index contributed by atoms with van der Waals surface area (Å²) >= 11 is 0. The van der Waals surface area contributed by atoms with Crippen LogP contribution in [0.3, 0.4) is 0 Å². The Morgan fingerprint density at radius 1 is 0.741 bits per heavy atom. The van der Waals surface area contributed by atoms with E-state index >= 15 is 0 Å². The van der Waals surface area contributed by atoms with Gasteiger partial charge in [-0.1, -0.05) is 78.9 Å². The van der Waals surface area contributed by atoms with Gasteiger partial charge < -0.3 is 0 Å². The third kappa shape index (κ3) is 3.06. The van der Waals surface area contributed by atoms with Gasteiger partial charge >= 0.3 is 0 Å². The van der Waals surface area contributed by atoms with Crippen LogP contribution >= 0.6 is 0 Å². The molecule has 1 amide bonds. The van der Waals surface area contributed by atoms with Crippen molar-refractivity contribution < 1.29 is 13.2 Å². The van der Waals surface area contributed by atoms with Gasteiger partial charge in [0.05, 0.1) is 0 Å². The number of nitrogens with zero attached hydrogens (tertiary/aromatic N) is 1. The molecule has 1 aliphatic heterocycles. The molecule has 3 aromatic carbocycles. The standard InChI is InChI=1S/C22H17NO3S/c24-21-20(16-17-10-4-1-5-11-17)27(25,26)22(18-12-6-2-7-13-18)23(21)19-14-8-3-9-15-19/h1-16,22H/b20-16+. The Morgan fingerprint density at radius 3 is 1.85 bits per heavy atom. The predicted molar refractivity (Wildman–Crippen MR) is 106 cm³/mol. The van der Waals surface area contributed by atoms with E-state index in [2.05, 4.69) is 0 Å². The molecule has 5 heteroatoms. The van der Waals surface area contributed by atoms with E-state index in [4.69, 9.17) is 0 Å². The first-order valence-corrected chi connectivity index (χ1v) is 10.1. The minimum Gasteiger partial charge on any atom is -0.286 e. The van der Waals surface area contributed by atoms with E-state index in [0.717, 1.165) is 0 Å². The van der Waals surface area contributed by atoms with Gasteiger partial charge in [-0.05, 0) is 29.3 Å². The molecule has 1 heterocycles. The molecule has 0 aromatic heterocycles. The lowest BCUT2D eigenvalue weighted by molar-refractivity contribution is -0.114. The van der Waals surface area contributed by atoms with E-state index in [9.17, 15) is 13.2 Å². The Morgan fingerprint density at radius 2 is 1.26 bits per heavy atom. The lowest BCUT2D eigenvalue weighted by Crippen LogP contribution is -2.28. The van der Waals surface area contributed by atoms with Crippen LogP contribution in [0.2, 0.25) is 0 Å². The molecule has 1 atom stereocenters. The Hall–Kier alpha value is -3.18. The summed E-state index contributed by atoms with van der Waals surface area (Å²) in [5.74, 6) is -0.515. The number of carbonyl (C=O) groups excluding carboxylic acids is 1. The van der Waals surface area contributed by atoms with Gasteiger partial charge in [-0.2, -0.15) is 0 Å². The van der Waals surface area contributed by atoms with Crippen LogP contribution in [0.4, 0.5) is 5.69 Å². The lowest BCUT2D eigenvalue weighted by Gasteiger charge is -2.23. The summed E-state index contributed by atoms with van der Waals surface area (Å²) in [5.41, 5.74) is 1.79. The zero-order valence-corrected chi connectivity index (χ0v) is 15.2. The number of amides is 1. The van der Waals surface area contributed by atoms with E-state index in [1.54, 1.807) is 60.7 Å². The second kappa shape index (κ2) is 6.85. The second-order valence-electron chi connectivity index (χ2n) is 6.24. The maximum atomic E-state index is 13.4. The van der Waals surface area contributed by atoms with Crippen molar-refractivity contribution in [2.45, 2.75) is 5.37 Å². The van der Waals surface area contributed by atoms with Crippen molar-refractivity contribution in [1.82, 2.24) is 0 Å². The molecule has 3 aromatic rings. The van der Waals surface area contributed by atoms with Crippen molar-refractivity contribution in [2.24, 2.45) is 0 Å². The fourth-order valence-corrected chi connectivity index (χ4v) is 5.13. The molecule has 1 saturated heterocycles. The highest BCUT2D eigenvalue weighted by Gasteiger charge is 2.50. The van der Waals surface area contributed by atoms with Crippen molar-refractivity contribution in [2.75, 3.05) is 4.90 Å². The number of carbonyl (C=O) groups is 1. The smallest absolute Gasteiger partial charge is 0.271 e. The van der Waals surface area contributed by atoms with E-state index in [-0.39, 0.29) is 4.91 Å². The van der Waals surface area contributed by atoms with Crippen molar-refractivity contribution >= 4 is 27.5 Å². The first-order chi connectivity index (χ1) is 13.1. The fourth-order valence-electron chi connectivity index (χ4n) is 3.24. The molecular formula is C22H17NO3S. The van der Waals surface area contributed by atoms with Crippen molar-refractivity contribution in [1.29, 1.82) is 0 Å². The number of benzene rings is 3. The topological polar surface area (TPSA) is 54.5 Å². The highest BCUT2D eigenvalue weighted by molar-refractivity contribution is 7.97. The van der Waals surface area contributed by atoms with Gasteiger partial charge in [-0.3, -0.25) is 9.69 Å². The molecule has 1 fully saturated rings. The summed E-state index contributed by atoms with van der Waals surface area (Å²) in [6.45, 7) is 0. The number of anilines is 1. The third-order valence-corrected chi connectivity index (χ3v) is 6.46. The third-order valence-electron chi connectivity index (χ3n) is 4.48. The summed E-state index contributed by atoms with van der Waals surface area (Å²) in [5, 5.41) is -1.08. The predicted octanol–water partition coefficient (Wildman–Crippen LogP) is 4.19. The van der Waals surface area contributed by atoms with Crippen LogP contribution in [0.5, 0.6) is 0 Å². The van der Waals surface area contributed by atoms with Crippen LogP contribution in [0.1, 0.15) is 16.5 Å². The number of sulfone groups is 1. The second-order valence-corrected chi connectivity index (χ2v) is 8.21. The molecule has 1 unspecified atom stereocenters. The fraction of sp³-hybridized carbons (Fsp3) is 0.0455. The SMILES string of the molecule is O=C1/C(=C\c2ccccc2)S(=O)(=O)C(c2ccccc2)N1c1ccccc1. The number of rotatable bonds is 3. The van der Waals surface area contributed by atoms with Crippen LogP contribution in [0, 0.1) is 0 Å². The van der Waals surface area contributed by atoms with Gasteiger partial charge in [0.25, 0.3) is 5.91 Å². The number of para-hydroxylation sites is 1. The Kier molecular flexibility index (Phi) is 4.38. The van der Waals surface area contributed by atoms with E-state index in [0.29, 0.717) is 16.8 Å². The van der Waals surface area contributed by atoms with E-state index in [1.165, 1.54) is 11.0 Å². The zero-order valence-electron chi connectivity index (χ0n) is 14.4. The van der Waals surface area contributed by atoms with Gasteiger partial charge in [0, 0.05) is 5.69 Å². The minimum atomic E-state index is -3.89. The first kappa shape index (κ1) is 17.2. The average Bonchev–Trinajstić information content (AvgIpc) is 2.90. The summed E-state index contributed by atoms with van der Waals surface area (Å²) in [6, 6.07) is 26.7. The van der Waals surface area contributed by atoms with Crippen LogP contribution in [-0.2, 0) is 14.6 Å². The van der Waals surface area contributed by atoms with Crippen molar-refractivity contribution in [3.05, 3.63) is 107 Å². The van der Waals surface area contributed by atoms with Gasteiger partial charge in [0.1, 0.15) is 4.91 Å². The summed E-state index contributed by atoms with van der Waals surface area (Å²) < 4.78 is 26.7. The molecule has 0 saturated carbocycles. The summed E-state index contributed by atoms with van der Waals surface area (Å²) in [7, 11) is -3.89. The summed E-state index contributed by atoms with van der Waals surface area (Å²) in [6.07, 6.45) is 1.45. The normalized spacial score (nSPS) is 20.1. The monoisotopic (exact) mass is 375 g/mol. The van der Waals surface area contributed by atoms with E-state index in [1.807, 2.05) is 30.3 Å². The van der Waals surface area contributed by atoms with Crippen molar-refractivity contribution in [3.8, 4) is 0 Å². The van der Waals surface area contributed by atoms with Gasteiger partial charge in [0.15, 0.2) is 5.37 Å². The van der Waals surface area contributed by atoms with Crippen LogP contribution in [0.15, 0.2) is 95.9 Å². The highest BCUT2D eigenvalue weighted by atomic mass is 32.2. The van der Waals surface area contributed by atoms with E-state index < -0.39 is 21.1 Å². The maximum Gasteiger partial charge on any atom is 0.271 e.